The van der Waals surface area contributed by atoms with E-state index in [9.17, 15) is 9.18 Å². The average molecular weight is 378 g/mol. The van der Waals surface area contributed by atoms with Crippen molar-refractivity contribution in [2.24, 2.45) is 0 Å². The first kappa shape index (κ1) is 16.4. The number of carbonyl (C=O) groups is 1. The summed E-state index contributed by atoms with van der Waals surface area (Å²) in [5, 5.41) is 10.6. The molecule has 3 aromatic rings. The van der Waals surface area contributed by atoms with Crippen molar-refractivity contribution < 1.29 is 9.18 Å². The van der Waals surface area contributed by atoms with Crippen molar-refractivity contribution in [2.75, 3.05) is 0 Å². The Morgan fingerprint density at radius 2 is 2.00 bits per heavy atom. The maximum absolute atomic E-state index is 13.5. The van der Waals surface area contributed by atoms with E-state index in [4.69, 9.17) is 23.2 Å². The number of hydrogen-bond acceptors (Lipinski definition) is 2. The first-order chi connectivity index (χ1) is 12.0. The number of halogens is 3. The molecule has 2 aromatic carbocycles. The predicted molar refractivity (Wildman–Crippen MR) is 95.7 cm³/mol. The van der Waals surface area contributed by atoms with E-state index in [1.807, 2.05) is 6.07 Å². The molecule has 1 aromatic heterocycles. The fourth-order valence-electron chi connectivity index (χ4n) is 3.02. The number of aromatic nitrogens is 2. The van der Waals surface area contributed by atoms with Gasteiger partial charge in [0.1, 0.15) is 0 Å². The van der Waals surface area contributed by atoms with E-state index in [1.54, 1.807) is 6.20 Å². The molecule has 4 rings (SSSR count). The van der Waals surface area contributed by atoms with Gasteiger partial charge in [-0.15, -0.1) is 0 Å². The molecule has 7 heteroatoms. The van der Waals surface area contributed by atoms with Gasteiger partial charge in [0.25, 0.3) is 5.91 Å². The summed E-state index contributed by atoms with van der Waals surface area (Å²) in [5.74, 6) is -0.536. The van der Waals surface area contributed by atoms with E-state index in [2.05, 4.69) is 21.6 Å². The molecule has 0 bridgehead atoms. The number of H-pyrrole nitrogens is 1. The van der Waals surface area contributed by atoms with Gasteiger partial charge in [0.05, 0.1) is 21.8 Å². The van der Waals surface area contributed by atoms with E-state index >= 15 is 0 Å². The standard InChI is InChI=1S/C18H14Cl2FN3O/c19-14-5-10(6-15(20)17(14)21)18(25)22-7-12-11(9-1-2-9)3-4-16-13(12)8-23-24-16/h3-6,8-9H,1-2,7H2,(H,22,25)(H,23,24). The van der Waals surface area contributed by atoms with Crippen LogP contribution in [0.15, 0.2) is 30.5 Å². The topological polar surface area (TPSA) is 57.8 Å². The van der Waals surface area contributed by atoms with E-state index in [0.717, 1.165) is 29.3 Å². The summed E-state index contributed by atoms with van der Waals surface area (Å²) in [6.45, 7) is 0.355. The molecular formula is C18H14Cl2FN3O. The number of aromatic amines is 1. The quantitative estimate of drug-likeness (QED) is 0.640. The highest BCUT2D eigenvalue weighted by Crippen LogP contribution is 2.43. The molecule has 1 aliphatic rings. The van der Waals surface area contributed by atoms with Gasteiger partial charge in [-0.1, -0.05) is 29.3 Å². The fraction of sp³-hybridized carbons (Fsp3) is 0.222. The van der Waals surface area contributed by atoms with Crippen molar-refractivity contribution in [3.05, 3.63) is 63.0 Å². The van der Waals surface area contributed by atoms with Gasteiger partial charge in [0, 0.05) is 17.5 Å². The van der Waals surface area contributed by atoms with Gasteiger partial charge in [-0.25, -0.2) is 4.39 Å². The molecule has 2 N–H and O–H groups in total. The monoisotopic (exact) mass is 377 g/mol. The first-order valence-electron chi connectivity index (χ1n) is 7.92. The lowest BCUT2D eigenvalue weighted by molar-refractivity contribution is 0.0951. The lowest BCUT2D eigenvalue weighted by Crippen LogP contribution is -2.23. The second kappa shape index (κ2) is 6.32. The van der Waals surface area contributed by atoms with Gasteiger partial charge in [-0.2, -0.15) is 5.10 Å². The highest BCUT2D eigenvalue weighted by Gasteiger charge is 2.27. The zero-order valence-corrected chi connectivity index (χ0v) is 14.6. The number of carbonyl (C=O) groups excluding carboxylic acids is 1. The third kappa shape index (κ3) is 3.10. The van der Waals surface area contributed by atoms with Crippen LogP contribution in [0, 0.1) is 5.82 Å². The maximum atomic E-state index is 13.5. The summed E-state index contributed by atoms with van der Waals surface area (Å²) >= 11 is 11.5. The molecule has 0 aliphatic heterocycles. The Kier molecular flexibility index (Phi) is 4.13. The van der Waals surface area contributed by atoms with E-state index in [-0.39, 0.29) is 21.5 Å². The van der Waals surface area contributed by atoms with Crippen LogP contribution in [0.25, 0.3) is 10.9 Å². The molecule has 1 heterocycles. The first-order valence-corrected chi connectivity index (χ1v) is 8.68. The lowest BCUT2D eigenvalue weighted by Gasteiger charge is -2.12. The highest BCUT2D eigenvalue weighted by molar-refractivity contribution is 6.35. The minimum atomic E-state index is -0.723. The predicted octanol–water partition coefficient (Wildman–Crippen LogP) is 4.82. The third-order valence-corrected chi connectivity index (χ3v) is 5.01. The lowest BCUT2D eigenvalue weighted by atomic mass is 9.99. The Morgan fingerprint density at radius 1 is 1.28 bits per heavy atom. The van der Waals surface area contributed by atoms with Gasteiger partial charge in [0.2, 0.25) is 0 Å². The van der Waals surface area contributed by atoms with Crippen molar-refractivity contribution in [3.63, 3.8) is 0 Å². The number of nitrogens with one attached hydrogen (secondary N) is 2. The van der Waals surface area contributed by atoms with Crippen LogP contribution in [0.1, 0.15) is 40.2 Å². The minimum absolute atomic E-state index is 0.173. The van der Waals surface area contributed by atoms with Crippen molar-refractivity contribution in [3.8, 4) is 0 Å². The van der Waals surface area contributed by atoms with Crippen LogP contribution in [0.2, 0.25) is 10.0 Å². The molecule has 1 saturated carbocycles. The molecule has 4 nitrogen and oxygen atoms in total. The Hall–Kier alpha value is -2.11. The largest absolute Gasteiger partial charge is 0.348 e. The third-order valence-electron chi connectivity index (χ3n) is 4.46. The Morgan fingerprint density at radius 3 is 2.68 bits per heavy atom. The zero-order valence-electron chi connectivity index (χ0n) is 13.1. The molecule has 25 heavy (non-hydrogen) atoms. The summed E-state index contributed by atoms with van der Waals surface area (Å²) in [6.07, 6.45) is 4.09. The Balaban J connectivity index is 1.61. The molecule has 1 fully saturated rings. The summed E-state index contributed by atoms with van der Waals surface area (Å²) in [4.78, 5) is 12.4. The van der Waals surface area contributed by atoms with Crippen LogP contribution >= 0.6 is 23.2 Å². The van der Waals surface area contributed by atoms with Crippen molar-refractivity contribution in [2.45, 2.75) is 25.3 Å². The second-order valence-corrected chi connectivity index (χ2v) is 6.99. The molecule has 128 valence electrons. The second-order valence-electron chi connectivity index (χ2n) is 6.18. The molecule has 0 spiro atoms. The minimum Gasteiger partial charge on any atom is -0.348 e. The van der Waals surface area contributed by atoms with Crippen LogP contribution in [0.4, 0.5) is 4.39 Å². The molecule has 0 atom stereocenters. The molecule has 0 radical (unpaired) electrons. The number of amides is 1. The smallest absolute Gasteiger partial charge is 0.251 e. The van der Waals surface area contributed by atoms with Crippen LogP contribution in [0.3, 0.4) is 0 Å². The van der Waals surface area contributed by atoms with Crippen LogP contribution in [-0.4, -0.2) is 16.1 Å². The van der Waals surface area contributed by atoms with E-state index in [1.165, 1.54) is 17.7 Å². The van der Waals surface area contributed by atoms with E-state index in [0.29, 0.717) is 12.5 Å². The average Bonchev–Trinajstić information content (AvgIpc) is 3.33. The SMILES string of the molecule is O=C(NCc1c(C2CC2)ccc2[nH]ncc12)c1cc(Cl)c(F)c(Cl)c1. The Labute approximate surface area is 153 Å². The van der Waals surface area contributed by atoms with Crippen LogP contribution < -0.4 is 5.32 Å². The number of fused-ring (bicyclic) bond motifs is 1. The summed E-state index contributed by atoms with van der Waals surface area (Å²) in [5.41, 5.74) is 3.45. The van der Waals surface area contributed by atoms with Crippen molar-refractivity contribution >= 4 is 40.0 Å². The van der Waals surface area contributed by atoms with Crippen LogP contribution in [0.5, 0.6) is 0 Å². The number of benzene rings is 2. The summed E-state index contributed by atoms with van der Waals surface area (Å²) < 4.78 is 13.5. The number of nitrogens with zero attached hydrogens (tertiary/aromatic N) is 1. The van der Waals surface area contributed by atoms with Gasteiger partial charge >= 0.3 is 0 Å². The number of hydrogen-bond donors (Lipinski definition) is 2. The normalized spacial score (nSPS) is 14.0. The van der Waals surface area contributed by atoms with Gasteiger partial charge in [-0.3, -0.25) is 9.89 Å². The van der Waals surface area contributed by atoms with Gasteiger partial charge in [0.15, 0.2) is 5.82 Å². The number of rotatable bonds is 4. The van der Waals surface area contributed by atoms with Gasteiger partial charge < -0.3 is 5.32 Å². The maximum Gasteiger partial charge on any atom is 0.251 e. The van der Waals surface area contributed by atoms with E-state index < -0.39 is 5.82 Å². The molecule has 1 aliphatic carbocycles. The fourth-order valence-corrected chi connectivity index (χ4v) is 3.51. The Bertz CT molecular complexity index is 959. The van der Waals surface area contributed by atoms with Crippen molar-refractivity contribution in [1.82, 2.24) is 15.5 Å². The molecule has 0 saturated heterocycles. The molecule has 1 amide bonds. The summed E-state index contributed by atoms with van der Waals surface area (Å²) in [7, 11) is 0. The molecule has 0 unspecified atom stereocenters. The zero-order chi connectivity index (χ0) is 17.6. The van der Waals surface area contributed by atoms with Crippen molar-refractivity contribution in [1.29, 1.82) is 0 Å². The highest BCUT2D eigenvalue weighted by atomic mass is 35.5. The molecular weight excluding hydrogens is 364 g/mol. The van der Waals surface area contributed by atoms with Gasteiger partial charge in [-0.05, 0) is 48.1 Å². The summed E-state index contributed by atoms with van der Waals surface area (Å²) in [6, 6.07) is 6.66. The van der Waals surface area contributed by atoms with Crippen LogP contribution in [-0.2, 0) is 6.54 Å².